The molecule has 0 aliphatic carbocycles. The second-order valence-electron chi connectivity index (χ2n) is 10.3. The van der Waals surface area contributed by atoms with Crippen LogP contribution in [0.25, 0.3) is 0 Å². The number of carbonyl (C=O) groups is 3. The molecule has 8 heteroatoms. The summed E-state index contributed by atoms with van der Waals surface area (Å²) in [4.78, 5) is 40.9. The average molecular weight is 519 g/mol. The van der Waals surface area contributed by atoms with Gasteiger partial charge >= 0.3 is 0 Å². The van der Waals surface area contributed by atoms with Crippen molar-refractivity contribution in [3.05, 3.63) is 69.7 Å². The summed E-state index contributed by atoms with van der Waals surface area (Å²) in [6, 6.07) is 15.5. The first-order chi connectivity index (χ1) is 17.9. The molecule has 1 unspecified atom stereocenters. The molecule has 2 aromatic rings. The van der Waals surface area contributed by atoms with Crippen molar-refractivity contribution in [3.63, 3.8) is 0 Å². The van der Waals surface area contributed by atoms with Gasteiger partial charge in [0.1, 0.15) is 6.04 Å². The highest BCUT2D eigenvalue weighted by Gasteiger charge is 2.40. The molecule has 2 aromatic carbocycles. The minimum Gasteiger partial charge on any atom is -0.322 e. The number of rotatable bonds is 7. The number of benzene rings is 2. The van der Waals surface area contributed by atoms with E-state index in [1.807, 2.05) is 36.4 Å². The highest BCUT2D eigenvalue weighted by molar-refractivity contribution is 6.31. The number of piperidine rings is 2. The van der Waals surface area contributed by atoms with Crippen molar-refractivity contribution >= 4 is 29.3 Å². The number of nitriles is 1. The van der Waals surface area contributed by atoms with Crippen LogP contribution in [0.4, 0.5) is 0 Å². The number of imide groups is 1. The molecule has 7 nitrogen and oxygen atoms in total. The molecule has 2 fully saturated rings. The molecule has 2 saturated heterocycles. The van der Waals surface area contributed by atoms with Gasteiger partial charge in [0.15, 0.2) is 0 Å². The van der Waals surface area contributed by atoms with E-state index in [9.17, 15) is 19.6 Å². The average Bonchev–Trinajstić information content (AvgIpc) is 3.24. The van der Waals surface area contributed by atoms with E-state index in [0.29, 0.717) is 23.6 Å². The van der Waals surface area contributed by atoms with E-state index in [0.717, 1.165) is 68.4 Å². The van der Waals surface area contributed by atoms with E-state index < -0.39 is 11.5 Å². The summed E-state index contributed by atoms with van der Waals surface area (Å²) < 4.78 is 0. The molecule has 0 spiro atoms. The van der Waals surface area contributed by atoms with Gasteiger partial charge in [-0.05, 0) is 87.0 Å². The van der Waals surface area contributed by atoms with Crippen molar-refractivity contribution in [3.8, 4) is 6.07 Å². The molecule has 3 amide bonds. The van der Waals surface area contributed by atoms with E-state index in [1.165, 1.54) is 0 Å². The van der Waals surface area contributed by atoms with Crippen LogP contribution in [-0.2, 0) is 28.0 Å². The van der Waals surface area contributed by atoms with Crippen molar-refractivity contribution in [1.29, 1.82) is 5.26 Å². The highest BCUT2D eigenvalue weighted by Crippen LogP contribution is 2.38. The Hall–Kier alpha value is -3.21. The number of halogens is 1. The number of likely N-dealkylation sites (tertiary alicyclic amines) is 1. The van der Waals surface area contributed by atoms with Gasteiger partial charge in [-0.25, -0.2) is 0 Å². The van der Waals surface area contributed by atoms with Crippen LogP contribution in [0.2, 0.25) is 5.02 Å². The van der Waals surface area contributed by atoms with Gasteiger partial charge in [0, 0.05) is 23.6 Å². The Morgan fingerprint density at radius 3 is 2.57 bits per heavy atom. The lowest BCUT2D eigenvalue weighted by Gasteiger charge is -2.38. The fourth-order valence-corrected chi connectivity index (χ4v) is 6.30. The van der Waals surface area contributed by atoms with Crippen LogP contribution in [0.3, 0.4) is 0 Å². The summed E-state index contributed by atoms with van der Waals surface area (Å²) in [7, 11) is 0. The number of amides is 3. The first-order valence-electron chi connectivity index (χ1n) is 13.1. The molecule has 0 saturated carbocycles. The number of nitrogens with zero attached hydrogens (tertiary/aromatic N) is 3. The van der Waals surface area contributed by atoms with Gasteiger partial charge in [-0.2, -0.15) is 5.26 Å². The Labute approximate surface area is 222 Å². The summed E-state index contributed by atoms with van der Waals surface area (Å²) in [5, 5.41) is 13.0. The van der Waals surface area contributed by atoms with Crippen LogP contribution in [0.5, 0.6) is 0 Å². The molecule has 192 valence electrons. The third kappa shape index (κ3) is 5.01. The van der Waals surface area contributed by atoms with E-state index in [2.05, 4.69) is 22.4 Å². The summed E-state index contributed by atoms with van der Waals surface area (Å²) in [6.07, 6.45) is 5.07. The first-order valence-corrected chi connectivity index (χ1v) is 13.4. The number of hydrogen-bond donors (Lipinski definition) is 1. The predicted octanol–water partition coefficient (Wildman–Crippen LogP) is 3.98. The van der Waals surface area contributed by atoms with Crippen LogP contribution in [0.15, 0.2) is 42.5 Å². The third-order valence-electron chi connectivity index (χ3n) is 8.16. The lowest BCUT2D eigenvalue weighted by atomic mass is 9.74. The zero-order valence-electron chi connectivity index (χ0n) is 20.8. The van der Waals surface area contributed by atoms with E-state index in [-0.39, 0.29) is 24.1 Å². The second-order valence-corrected chi connectivity index (χ2v) is 10.7. The normalized spacial score (nSPS) is 21.5. The number of hydrogen-bond acceptors (Lipinski definition) is 5. The van der Waals surface area contributed by atoms with E-state index in [4.69, 9.17) is 11.6 Å². The molecule has 1 N–H and O–H groups in total. The van der Waals surface area contributed by atoms with Crippen LogP contribution < -0.4 is 5.32 Å². The van der Waals surface area contributed by atoms with E-state index >= 15 is 0 Å². The zero-order valence-corrected chi connectivity index (χ0v) is 21.6. The third-order valence-corrected chi connectivity index (χ3v) is 8.49. The monoisotopic (exact) mass is 518 g/mol. The molecule has 0 radical (unpaired) electrons. The van der Waals surface area contributed by atoms with Gasteiger partial charge in [0.05, 0.1) is 11.5 Å². The van der Waals surface area contributed by atoms with Crippen molar-refractivity contribution in [2.45, 2.75) is 62.9 Å². The first kappa shape index (κ1) is 25.4. The van der Waals surface area contributed by atoms with Gasteiger partial charge in [0.25, 0.3) is 5.91 Å². The molecule has 5 rings (SSSR count). The van der Waals surface area contributed by atoms with Crippen molar-refractivity contribution < 1.29 is 14.4 Å². The van der Waals surface area contributed by atoms with E-state index in [1.54, 1.807) is 4.90 Å². The predicted molar refractivity (Wildman–Crippen MR) is 140 cm³/mol. The molecular formula is C29H31ClN4O3. The Balaban J connectivity index is 1.14. The fraction of sp³-hybridized carbons (Fsp3) is 0.448. The van der Waals surface area contributed by atoms with Gasteiger partial charge in [-0.1, -0.05) is 41.9 Å². The Morgan fingerprint density at radius 1 is 1.05 bits per heavy atom. The van der Waals surface area contributed by atoms with Crippen LogP contribution >= 0.6 is 11.6 Å². The largest absolute Gasteiger partial charge is 0.322 e. The molecule has 3 aliphatic heterocycles. The molecule has 0 aromatic heterocycles. The number of nitrogens with one attached hydrogen (secondary N) is 1. The van der Waals surface area contributed by atoms with Gasteiger partial charge < -0.3 is 9.80 Å². The maximum Gasteiger partial charge on any atom is 0.255 e. The van der Waals surface area contributed by atoms with Crippen LogP contribution in [0.1, 0.15) is 65.6 Å². The molecule has 3 aliphatic rings. The van der Waals surface area contributed by atoms with Crippen molar-refractivity contribution in [1.82, 2.24) is 15.1 Å². The molecule has 0 bridgehead atoms. The van der Waals surface area contributed by atoms with Crippen LogP contribution in [-0.4, -0.2) is 53.2 Å². The molecule has 37 heavy (non-hydrogen) atoms. The van der Waals surface area contributed by atoms with Crippen molar-refractivity contribution in [2.24, 2.45) is 0 Å². The second kappa shape index (κ2) is 10.6. The Morgan fingerprint density at radius 2 is 1.84 bits per heavy atom. The Kier molecular flexibility index (Phi) is 7.32. The smallest absolute Gasteiger partial charge is 0.255 e. The summed E-state index contributed by atoms with van der Waals surface area (Å²) in [6.45, 7) is 3.13. The zero-order chi connectivity index (χ0) is 26.0. The minimum atomic E-state index is -0.587. The fourth-order valence-electron chi connectivity index (χ4n) is 5.98. The number of fused-ring (bicyclic) bond motifs is 1. The van der Waals surface area contributed by atoms with Gasteiger partial charge in [-0.3, -0.25) is 19.7 Å². The quantitative estimate of drug-likeness (QED) is 0.442. The summed E-state index contributed by atoms with van der Waals surface area (Å²) in [5.41, 5.74) is 3.26. The highest BCUT2D eigenvalue weighted by atomic mass is 35.5. The van der Waals surface area contributed by atoms with Crippen LogP contribution in [0, 0.1) is 11.3 Å². The summed E-state index contributed by atoms with van der Waals surface area (Å²) >= 11 is 6.42. The lowest BCUT2D eigenvalue weighted by Crippen LogP contribution is -2.52. The molecule has 1 atom stereocenters. The van der Waals surface area contributed by atoms with Crippen molar-refractivity contribution in [2.75, 3.05) is 19.6 Å². The SMILES string of the molecule is N#CC1(c2ccccc2Cl)CCN(CCCCc2cccc3c2CN(C2CCC(=O)NC2=O)C3=O)CC1. The minimum absolute atomic E-state index is 0.126. The molecular weight excluding hydrogens is 488 g/mol. The number of carbonyl (C=O) groups excluding carboxylic acids is 3. The number of aryl methyl sites for hydroxylation is 1. The van der Waals surface area contributed by atoms with Gasteiger partial charge in [-0.15, -0.1) is 0 Å². The molecule has 3 heterocycles. The maximum absolute atomic E-state index is 13.0. The lowest BCUT2D eigenvalue weighted by molar-refractivity contribution is -0.136. The summed E-state index contributed by atoms with van der Waals surface area (Å²) in [5.74, 6) is -0.781. The topological polar surface area (TPSA) is 93.5 Å². The standard InChI is InChI=1S/C29H31ClN4O3/c30-24-10-2-1-9-23(24)29(19-31)13-16-33(17-14-29)15-4-3-6-20-7-5-8-21-22(20)18-34(28(21)37)25-11-12-26(35)32-27(25)36/h1-2,5,7-10,25H,3-4,6,11-18H2,(H,32,35,36). The Bertz CT molecular complexity index is 1260. The number of unbranched alkanes of at least 4 members (excludes halogenated alkanes) is 1. The maximum atomic E-state index is 13.0. The van der Waals surface area contributed by atoms with Gasteiger partial charge in [0.2, 0.25) is 11.8 Å².